The van der Waals surface area contributed by atoms with E-state index in [1.807, 2.05) is 19.1 Å². The van der Waals surface area contributed by atoms with Crippen LogP contribution in [0.1, 0.15) is 26.7 Å². The van der Waals surface area contributed by atoms with Gasteiger partial charge in [0.1, 0.15) is 5.01 Å². The first-order chi connectivity index (χ1) is 14.2. The van der Waals surface area contributed by atoms with Gasteiger partial charge in [0, 0.05) is 16.9 Å². The predicted octanol–water partition coefficient (Wildman–Crippen LogP) is 5.96. The third kappa shape index (κ3) is 4.36. The predicted molar refractivity (Wildman–Crippen MR) is 111 cm³/mol. The van der Waals surface area contributed by atoms with Gasteiger partial charge in [0.15, 0.2) is 0 Å². The zero-order valence-corrected chi connectivity index (χ0v) is 17.3. The normalized spacial score (nSPS) is 11.9. The average molecular weight is 448 g/mol. The summed E-state index contributed by atoms with van der Waals surface area (Å²) in [7, 11) is 0. The zero-order valence-electron chi connectivity index (χ0n) is 15.7. The van der Waals surface area contributed by atoms with Gasteiger partial charge < -0.3 is 5.11 Å². The van der Waals surface area contributed by atoms with Gasteiger partial charge in [0.2, 0.25) is 0 Å². The van der Waals surface area contributed by atoms with Gasteiger partial charge in [-0.2, -0.15) is 13.2 Å². The molecule has 0 aliphatic carbocycles. The first kappa shape index (κ1) is 20.5. The van der Waals surface area contributed by atoms with Crippen molar-refractivity contribution >= 4 is 38.9 Å². The van der Waals surface area contributed by atoms with E-state index in [0.717, 1.165) is 43.5 Å². The fourth-order valence-electron chi connectivity index (χ4n) is 3.03. The Balaban J connectivity index is 1.57. The molecule has 0 saturated heterocycles. The number of aromatic nitrogens is 2. The maximum absolute atomic E-state index is 12.8. The number of alkyl halides is 3. The van der Waals surface area contributed by atoms with Crippen LogP contribution in [-0.4, -0.2) is 21.0 Å². The molecule has 0 atom stereocenters. The number of benzene rings is 2. The Morgan fingerprint density at radius 3 is 2.47 bits per heavy atom. The molecule has 0 saturated carbocycles. The van der Waals surface area contributed by atoms with E-state index in [4.69, 9.17) is 5.11 Å². The molecule has 0 spiro atoms. The molecule has 2 aromatic carbocycles. The first-order valence-corrected chi connectivity index (χ1v) is 10.6. The van der Waals surface area contributed by atoms with Crippen LogP contribution >= 0.6 is 22.7 Å². The Hall–Kier alpha value is -2.78. The maximum atomic E-state index is 12.8. The molecule has 9 heteroatoms. The van der Waals surface area contributed by atoms with Crippen molar-refractivity contribution in [1.82, 2.24) is 9.97 Å². The van der Waals surface area contributed by atoms with Crippen molar-refractivity contribution in [2.75, 3.05) is 0 Å². The molecule has 30 heavy (non-hydrogen) atoms. The van der Waals surface area contributed by atoms with Crippen LogP contribution in [0.3, 0.4) is 0 Å². The Morgan fingerprint density at radius 1 is 1.07 bits per heavy atom. The molecule has 0 amide bonds. The monoisotopic (exact) mass is 448 g/mol. The van der Waals surface area contributed by atoms with E-state index in [2.05, 4.69) is 9.97 Å². The molecule has 0 fully saturated rings. The summed E-state index contributed by atoms with van der Waals surface area (Å²) in [5, 5.41) is 10.5. The number of aliphatic carboxylic acids is 1. The van der Waals surface area contributed by atoms with Crippen LogP contribution in [0.15, 0.2) is 42.5 Å². The van der Waals surface area contributed by atoms with E-state index in [9.17, 15) is 18.0 Å². The van der Waals surface area contributed by atoms with Gasteiger partial charge in [0.25, 0.3) is 0 Å². The zero-order chi connectivity index (χ0) is 21.5. The lowest BCUT2D eigenvalue weighted by Gasteiger charge is -2.06. The van der Waals surface area contributed by atoms with Crippen molar-refractivity contribution in [3.63, 3.8) is 0 Å². The second kappa shape index (κ2) is 7.81. The molecule has 4 rings (SSSR count). The Bertz CT molecular complexity index is 1230. The number of carbonyl (C=O) groups is 1. The van der Waals surface area contributed by atoms with Crippen molar-refractivity contribution in [2.45, 2.75) is 25.9 Å². The first-order valence-electron chi connectivity index (χ1n) is 8.93. The molecule has 0 aliphatic rings. The minimum atomic E-state index is -4.36. The number of carboxylic acid groups (broad SMARTS) is 1. The van der Waals surface area contributed by atoms with Crippen molar-refractivity contribution in [2.24, 2.45) is 0 Å². The molecule has 2 heterocycles. The fraction of sp³-hybridized carbons (Fsp3) is 0.190. The number of hydrogen-bond acceptors (Lipinski definition) is 5. The molecule has 4 aromatic rings. The number of fused-ring (bicyclic) bond motifs is 1. The molecule has 4 nitrogen and oxygen atoms in total. The number of hydrogen-bond donors (Lipinski definition) is 1. The number of nitrogens with zero attached hydrogens (tertiary/aromatic N) is 2. The van der Waals surface area contributed by atoms with E-state index in [0.29, 0.717) is 17.0 Å². The number of carboxylic acids is 1. The third-order valence-electron chi connectivity index (χ3n) is 4.52. The van der Waals surface area contributed by atoms with Crippen LogP contribution in [0.2, 0.25) is 0 Å². The second-order valence-electron chi connectivity index (χ2n) is 6.76. The summed E-state index contributed by atoms with van der Waals surface area (Å²) < 4.78 is 39.2. The van der Waals surface area contributed by atoms with Gasteiger partial charge in [0.05, 0.1) is 32.9 Å². The van der Waals surface area contributed by atoms with Crippen LogP contribution in [0, 0.1) is 6.92 Å². The lowest BCUT2D eigenvalue weighted by molar-refractivity contribution is -0.138. The number of halogens is 3. The molecule has 2 aromatic heterocycles. The summed E-state index contributed by atoms with van der Waals surface area (Å²) in [6.45, 7) is 1.87. The van der Waals surface area contributed by atoms with Crippen LogP contribution in [-0.2, 0) is 23.8 Å². The molecule has 0 unspecified atom stereocenters. The minimum Gasteiger partial charge on any atom is -0.481 e. The quantitative estimate of drug-likeness (QED) is 0.409. The summed E-state index contributed by atoms with van der Waals surface area (Å²) in [6.07, 6.45) is -3.83. The SMILES string of the molecule is Cc1nc(-c2ccc(C(F)(F)F)cc2)sc1Cc1nc2ccc(CC(=O)O)cc2s1. The standard InChI is InChI=1S/C21H15F3N2O2S2/c1-11-16(30-20(25-11)13-3-5-14(6-4-13)21(22,23)24)10-18-26-15-7-2-12(9-19(27)28)8-17(15)29-18/h2-8H,9-10H2,1H3,(H,27,28). The molecular weight excluding hydrogens is 433 g/mol. The maximum Gasteiger partial charge on any atom is 0.416 e. The van der Waals surface area contributed by atoms with Crippen LogP contribution in [0.5, 0.6) is 0 Å². The number of rotatable bonds is 5. The Labute approximate surface area is 177 Å². The summed E-state index contributed by atoms with van der Waals surface area (Å²) in [5.41, 5.74) is 2.32. The van der Waals surface area contributed by atoms with Gasteiger partial charge in [-0.3, -0.25) is 4.79 Å². The van der Waals surface area contributed by atoms with Gasteiger partial charge in [-0.1, -0.05) is 18.2 Å². The van der Waals surface area contributed by atoms with E-state index >= 15 is 0 Å². The molecule has 154 valence electrons. The van der Waals surface area contributed by atoms with E-state index in [1.54, 1.807) is 6.07 Å². The van der Waals surface area contributed by atoms with Crippen molar-refractivity contribution < 1.29 is 23.1 Å². The highest BCUT2D eigenvalue weighted by Gasteiger charge is 2.30. The van der Waals surface area contributed by atoms with Crippen molar-refractivity contribution in [1.29, 1.82) is 0 Å². The molecular formula is C21H15F3N2O2S2. The number of aryl methyl sites for hydroxylation is 1. The summed E-state index contributed by atoms with van der Waals surface area (Å²) in [5.74, 6) is -0.879. The summed E-state index contributed by atoms with van der Waals surface area (Å²) in [6, 6.07) is 10.4. The van der Waals surface area contributed by atoms with Crippen molar-refractivity contribution in [3.8, 4) is 10.6 Å². The minimum absolute atomic E-state index is 0.0341. The molecule has 0 radical (unpaired) electrons. The summed E-state index contributed by atoms with van der Waals surface area (Å²) in [4.78, 5) is 21.0. The van der Waals surface area contributed by atoms with Crippen molar-refractivity contribution in [3.05, 3.63) is 69.2 Å². The van der Waals surface area contributed by atoms with Gasteiger partial charge >= 0.3 is 12.1 Å². The molecule has 0 aliphatic heterocycles. The number of thiazole rings is 2. The average Bonchev–Trinajstić information content (AvgIpc) is 3.23. The van der Waals surface area contributed by atoms with E-state index < -0.39 is 17.7 Å². The van der Waals surface area contributed by atoms with E-state index in [1.165, 1.54) is 34.8 Å². The topological polar surface area (TPSA) is 63.1 Å². The second-order valence-corrected chi connectivity index (χ2v) is 8.96. The van der Waals surface area contributed by atoms with Crippen LogP contribution < -0.4 is 0 Å². The largest absolute Gasteiger partial charge is 0.481 e. The Morgan fingerprint density at radius 2 is 1.80 bits per heavy atom. The third-order valence-corrected chi connectivity index (χ3v) is 6.74. The lowest BCUT2D eigenvalue weighted by Crippen LogP contribution is -2.03. The van der Waals surface area contributed by atoms with Gasteiger partial charge in [-0.25, -0.2) is 9.97 Å². The Kier molecular flexibility index (Phi) is 5.33. The fourth-order valence-corrected chi connectivity index (χ4v) is 5.24. The van der Waals surface area contributed by atoms with Crippen LogP contribution in [0.25, 0.3) is 20.8 Å². The smallest absolute Gasteiger partial charge is 0.416 e. The van der Waals surface area contributed by atoms with Crippen LogP contribution in [0.4, 0.5) is 13.2 Å². The highest BCUT2D eigenvalue weighted by molar-refractivity contribution is 7.19. The lowest BCUT2D eigenvalue weighted by atomic mass is 10.1. The highest BCUT2D eigenvalue weighted by atomic mass is 32.1. The van der Waals surface area contributed by atoms with Gasteiger partial charge in [-0.05, 0) is 36.8 Å². The van der Waals surface area contributed by atoms with Gasteiger partial charge in [-0.15, -0.1) is 22.7 Å². The highest BCUT2D eigenvalue weighted by Crippen LogP contribution is 2.34. The van der Waals surface area contributed by atoms with E-state index in [-0.39, 0.29) is 6.42 Å². The molecule has 1 N–H and O–H groups in total. The summed E-state index contributed by atoms with van der Waals surface area (Å²) >= 11 is 2.94. The molecule has 0 bridgehead atoms.